The van der Waals surface area contributed by atoms with Crippen molar-refractivity contribution in [2.24, 2.45) is 23.3 Å². The van der Waals surface area contributed by atoms with Gasteiger partial charge in [0.05, 0.1) is 56.9 Å². The summed E-state index contributed by atoms with van der Waals surface area (Å²) in [5.74, 6) is 2.26. The van der Waals surface area contributed by atoms with Crippen LogP contribution in [0.5, 0.6) is 11.5 Å². The standard InChI is InChI=1S/C60H70N8O14/c61-55-46-36(17-20-63-55)31(13-16-42(46)65-33-6-1-2-7-33)26-79-53-54(75)60(77)19-5-8-34(71)14-12-32-25-78-28-44(60)81-58(53)82-51-41(45(32)38-9-3-4-10-43(38)68-29-64-48-56(68)66-59(62)67-57(48)76)23-40-47(52(51)80-27-35(72)18-21-69)50(74)39-22-30(24-70)11-15-37(39)49(40)73/h3-4,9-11,13,15-17,21-23,31-35,42,44-45,48,53-54,56,58-59,63-66,70-72,75,77H,1-2,6-8,12,14,18,20,24-29,61-62H2,(H,67,76). The number of nitrogens with one attached hydrogen (secondary N) is 5. The number of carbonyl (C=O) groups excluding carboxylic acids is 4. The van der Waals surface area contributed by atoms with Crippen molar-refractivity contribution in [1.29, 1.82) is 0 Å². The van der Waals surface area contributed by atoms with Gasteiger partial charge in [-0.15, -0.1) is 0 Å². The molecule has 3 bridgehead atoms. The molecule has 1 amide bonds. The SMILES string of the molecule is NC1=C2C(=CCN1)C(COC1C3Oc4c(cc5c(c4OCC(O)CC=O)C(=O)c4cc(CO)ccc4C5=O)C(c4ccccc4N4CNC5C(=O)NC(N)NC54)C4CCC(O)CC#CC(O)(C(COC4)O3)C1O)C=CC2NC1CCCC1. The van der Waals surface area contributed by atoms with Crippen LogP contribution in [-0.4, -0.2) is 162 Å². The van der Waals surface area contributed by atoms with E-state index >= 15 is 9.59 Å². The summed E-state index contributed by atoms with van der Waals surface area (Å²) in [4.78, 5) is 57.9. The smallest absolute Gasteiger partial charge is 0.242 e. The Hall–Kier alpha value is -6.56. The highest BCUT2D eigenvalue weighted by Gasteiger charge is 2.58. The van der Waals surface area contributed by atoms with Gasteiger partial charge in [-0.05, 0) is 72.6 Å². The van der Waals surface area contributed by atoms with Crippen LogP contribution in [0, 0.1) is 23.7 Å². The number of ether oxygens (including phenoxy) is 5. The van der Waals surface area contributed by atoms with Gasteiger partial charge < -0.3 is 80.6 Å². The molecule has 14 unspecified atom stereocenters. The number of anilines is 1. The van der Waals surface area contributed by atoms with E-state index in [4.69, 9.17) is 35.2 Å². The molecule has 434 valence electrons. The molecule has 9 aliphatic rings. The van der Waals surface area contributed by atoms with Crippen molar-refractivity contribution < 1.29 is 68.4 Å². The number of para-hydroxylation sites is 1. The number of hydrogen-bond acceptors (Lipinski definition) is 21. The summed E-state index contributed by atoms with van der Waals surface area (Å²) in [6.07, 6.45) is 0.357. The van der Waals surface area contributed by atoms with Crippen LogP contribution in [0.15, 0.2) is 83.7 Å². The maximum atomic E-state index is 15.4. The number of dihydropyridines is 1. The molecule has 82 heavy (non-hydrogen) atoms. The van der Waals surface area contributed by atoms with E-state index in [2.05, 4.69) is 44.5 Å². The number of nitrogens with two attached hydrogens (primary N) is 2. The maximum absolute atomic E-state index is 15.4. The summed E-state index contributed by atoms with van der Waals surface area (Å²) in [5.41, 5.74) is 14.0. The van der Waals surface area contributed by atoms with Crippen LogP contribution < -0.4 is 52.4 Å². The lowest BCUT2D eigenvalue weighted by molar-refractivity contribution is -0.309. The molecule has 3 aromatic carbocycles. The molecule has 6 heterocycles. The van der Waals surface area contributed by atoms with Crippen LogP contribution in [-0.2, 0) is 30.4 Å². The number of carbonyl (C=O) groups is 4. The molecule has 3 aliphatic carbocycles. The van der Waals surface area contributed by atoms with Gasteiger partial charge in [0.25, 0.3) is 0 Å². The Morgan fingerprint density at radius 1 is 0.988 bits per heavy atom. The zero-order chi connectivity index (χ0) is 57.0. The molecule has 14 atom stereocenters. The summed E-state index contributed by atoms with van der Waals surface area (Å²) < 4.78 is 34.2. The summed E-state index contributed by atoms with van der Waals surface area (Å²) >= 11 is 0. The van der Waals surface area contributed by atoms with Crippen LogP contribution in [0.3, 0.4) is 0 Å². The summed E-state index contributed by atoms with van der Waals surface area (Å²) in [6, 6.07) is 12.9. The Morgan fingerprint density at radius 3 is 2.63 bits per heavy atom. The van der Waals surface area contributed by atoms with Gasteiger partial charge in [0.2, 0.25) is 12.2 Å². The number of aliphatic hydroxyl groups is 5. The molecule has 6 aliphatic heterocycles. The van der Waals surface area contributed by atoms with E-state index in [1.54, 1.807) is 12.1 Å². The molecule has 0 radical (unpaired) electrons. The molecule has 22 nitrogen and oxygen atoms in total. The third-order valence-electron chi connectivity index (χ3n) is 17.6. The highest BCUT2D eigenvalue weighted by molar-refractivity contribution is 6.29. The predicted molar refractivity (Wildman–Crippen MR) is 294 cm³/mol. The Morgan fingerprint density at radius 2 is 1.82 bits per heavy atom. The van der Waals surface area contributed by atoms with E-state index in [0.717, 1.165) is 36.8 Å². The summed E-state index contributed by atoms with van der Waals surface area (Å²) in [6.45, 7) is -0.897. The zero-order valence-electron chi connectivity index (χ0n) is 45.1. The van der Waals surface area contributed by atoms with Crippen LogP contribution in [0.2, 0.25) is 0 Å². The van der Waals surface area contributed by atoms with Crippen molar-refractivity contribution in [2.75, 3.05) is 44.5 Å². The molecule has 3 saturated heterocycles. The highest BCUT2D eigenvalue weighted by atomic mass is 16.7. The average molecular weight is 1130 g/mol. The first-order valence-electron chi connectivity index (χ1n) is 28.4. The molecule has 1 saturated carbocycles. The first-order chi connectivity index (χ1) is 39.7. The number of rotatable bonds is 13. The van der Waals surface area contributed by atoms with Crippen molar-refractivity contribution in [3.63, 3.8) is 0 Å². The lowest BCUT2D eigenvalue weighted by atomic mass is 9.74. The van der Waals surface area contributed by atoms with E-state index in [-0.39, 0.29) is 103 Å². The van der Waals surface area contributed by atoms with Crippen molar-refractivity contribution in [3.05, 3.63) is 123 Å². The van der Waals surface area contributed by atoms with E-state index in [9.17, 15) is 35.1 Å². The Balaban J connectivity index is 1.06. The Labute approximate surface area is 473 Å². The summed E-state index contributed by atoms with van der Waals surface area (Å²) in [7, 11) is 0. The average Bonchev–Trinajstić information content (AvgIpc) is 2.28. The number of hydrogen-bond donors (Lipinski definition) is 12. The zero-order valence-corrected chi connectivity index (χ0v) is 45.1. The van der Waals surface area contributed by atoms with Crippen LogP contribution in [0.25, 0.3) is 0 Å². The van der Waals surface area contributed by atoms with Gasteiger partial charge >= 0.3 is 0 Å². The molecule has 12 rings (SSSR count). The Bertz CT molecular complexity index is 3170. The summed E-state index contributed by atoms with van der Waals surface area (Å²) in [5, 5.41) is 75.4. The highest BCUT2D eigenvalue weighted by Crippen LogP contribution is 2.52. The number of benzene rings is 3. The van der Waals surface area contributed by atoms with E-state index in [0.29, 0.717) is 41.5 Å². The fourth-order valence-electron chi connectivity index (χ4n) is 13.4. The second-order valence-corrected chi connectivity index (χ2v) is 22.8. The number of aldehydes is 1. The van der Waals surface area contributed by atoms with E-state index in [1.165, 1.54) is 12.1 Å². The lowest BCUT2D eigenvalue weighted by Crippen LogP contribution is -2.70. The second-order valence-electron chi connectivity index (χ2n) is 22.8. The van der Waals surface area contributed by atoms with Gasteiger partial charge in [0.1, 0.15) is 55.5 Å². The number of ketones is 2. The van der Waals surface area contributed by atoms with Crippen LogP contribution in [0.1, 0.15) is 106 Å². The third-order valence-corrected chi connectivity index (χ3v) is 17.6. The molecule has 22 heteroatoms. The second kappa shape index (κ2) is 23.2. The maximum Gasteiger partial charge on any atom is 0.242 e. The quantitative estimate of drug-likeness (QED) is 0.0476. The topological polar surface area (TPSA) is 331 Å². The first-order valence-corrected chi connectivity index (χ1v) is 28.4. The minimum absolute atomic E-state index is 0.0328. The number of fused-ring (bicyclic) bond motifs is 9. The normalized spacial score (nSPS) is 32.7. The van der Waals surface area contributed by atoms with Crippen molar-refractivity contribution in [2.45, 2.75) is 137 Å². The Kier molecular flexibility index (Phi) is 15.9. The third kappa shape index (κ3) is 10.3. The monoisotopic (exact) mass is 1130 g/mol. The molecule has 3 aromatic rings. The molecule has 14 N–H and O–H groups in total. The van der Waals surface area contributed by atoms with E-state index in [1.807, 2.05) is 41.3 Å². The first kappa shape index (κ1) is 55.9. The lowest BCUT2D eigenvalue weighted by Gasteiger charge is -2.47. The molecular formula is C60H70N8O14. The largest absolute Gasteiger partial charge is 0.486 e. The predicted octanol–water partition coefficient (Wildman–Crippen LogP) is 0.000600. The van der Waals surface area contributed by atoms with Gasteiger partial charge in [-0.3, -0.25) is 30.8 Å². The van der Waals surface area contributed by atoms with Crippen molar-refractivity contribution >= 4 is 29.4 Å². The molecular weight excluding hydrogens is 1060 g/mol. The number of amides is 1. The minimum atomic E-state index is -2.39. The molecule has 4 fully saturated rings. The van der Waals surface area contributed by atoms with Crippen molar-refractivity contribution in [3.8, 4) is 23.3 Å². The fraction of sp³-hybridized carbons (Fsp3) is 0.500. The van der Waals surface area contributed by atoms with Crippen molar-refractivity contribution in [1.82, 2.24) is 26.6 Å². The fourth-order valence-corrected chi connectivity index (χ4v) is 13.4. The van der Waals surface area contributed by atoms with Gasteiger partial charge in [-0.1, -0.05) is 67.2 Å². The minimum Gasteiger partial charge on any atom is -0.486 e. The van der Waals surface area contributed by atoms with Gasteiger partial charge in [0, 0.05) is 70.8 Å². The van der Waals surface area contributed by atoms with Gasteiger partial charge in [-0.2, -0.15) is 0 Å². The molecule has 0 spiro atoms. The van der Waals surface area contributed by atoms with E-state index < -0.39 is 103 Å². The van der Waals surface area contributed by atoms with Crippen LogP contribution >= 0.6 is 0 Å². The van der Waals surface area contributed by atoms with Crippen LogP contribution in [0.4, 0.5) is 5.69 Å². The van der Waals surface area contributed by atoms with Gasteiger partial charge in [-0.25, -0.2) is 0 Å². The number of nitrogens with zero attached hydrogens (tertiary/aromatic N) is 1. The number of aliphatic hydroxyl groups excluding tert-OH is 4. The molecule has 0 aromatic heterocycles. The van der Waals surface area contributed by atoms with Gasteiger partial charge in [0.15, 0.2) is 28.7 Å².